The number of piperidine rings is 1. The van der Waals surface area contributed by atoms with Crippen LogP contribution >= 0.6 is 0 Å². The van der Waals surface area contributed by atoms with E-state index in [9.17, 15) is 4.79 Å². The Bertz CT molecular complexity index is 823. The number of aromatic nitrogens is 4. The fourth-order valence-electron chi connectivity index (χ4n) is 3.78. The van der Waals surface area contributed by atoms with Crippen LogP contribution in [0.4, 0.5) is 5.82 Å². The lowest BCUT2D eigenvalue weighted by atomic mass is 10.0. The highest BCUT2D eigenvalue weighted by Crippen LogP contribution is 2.35. The van der Waals surface area contributed by atoms with Gasteiger partial charge in [-0.3, -0.25) is 4.90 Å². The zero-order valence-electron chi connectivity index (χ0n) is 15.5. The summed E-state index contributed by atoms with van der Waals surface area (Å²) in [5.41, 5.74) is 1.70. The maximum atomic E-state index is 11.7. The molecule has 7 heteroatoms. The summed E-state index contributed by atoms with van der Waals surface area (Å²) in [7, 11) is 1.73. The average Bonchev–Trinajstić information content (AvgIpc) is 3.45. The van der Waals surface area contributed by atoms with E-state index in [1.54, 1.807) is 19.6 Å². The standard InChI is InChI=1S/C19H26N6O/c1-14-11-18(21-13-20-14)25(16-3-4-16)17-6-9-24(10-7-17)12-15-5-8-23(2)19(26)22-15/h5,8,11,13,16-17H,3-4,6-7,9-10,12H2,1-2H3. The highest BCUT2D eigenvalue weighted by molar-refractivity contribution is 5.43. The monoisotopic (exact) mass is 354 g/mol. The zero-order chi connectivity index (χ0) is 18.1. The number of rotatable bonds is 5. The molecule has 2 aromatic rings. The molecule has 0 radical (unpaired) electrons. The van der Waals surface area contributed by atoms with Crippen LogP contribution in [0.25, 0.3) is 0 Å². The molecule has 0 spiro atoms. The van der Waals surface area contributed by atoms with E-state index in [-0.39, 0.29) is 5.69 Å². The molecule has 2 fully saturated rings. The lowest BCUT2D eigenvalue weighted by Gasteiger charge is -2.39. The first-order chi connectivity index (χ1) is 12.6. The van der Waals surface area contributed by atoms with Gasteiger partial charge in [0.1, 0.15) is 12.1 Å². The van der Waals surface area contributed by atoms with Crippen molar-refractivity contribution < 1.29 is 0 Å². The van der Waals surface area contributed by atoms with Crippen molar-refractivity contribution in [3.8, 4) is 0 Å². The molecule has 138 valence electrons. The second-order valence-corrected chi connectivity index (χ2v) is 7.48. The summed E-state index contributed by atoms with van der Waals surface area (Å²) in [6, 6.07) is 5.21. The van der Waals surface area contributed by atoms with Gasteiger partial charge in [0.2, 0.25) is 0 Å². The van der Waals surface area contributed by atoms with Crippen LogP contribution in [-0.4, -0.2) is 49.6 Å². The third-order valence-electron chi connectivity index (χ3n) is 5.36. The Balaban J connectivity index is 1.40. The summed E-state index contributed by atoms with van der Waals surface area (Å²) in [4.78, 5) is 29.6. The van der Waals surface area contributed by atoms with Crippen LogP contribution in [0.5, 0.6) is 0 Å². The molecule has 3 heterocycles. The summed E-state index contributed by atoms with van der Waals surface area (Å²) in [6.07, 6.45) is 8.23. The Morgan fingerprint density at radius 2 is 1.88 bits per heavy atom. The van der Waals surface area contributed by atoms with Crippen LogP contribution in [0, 0.1) is 6.92 Å². The van der Waals surface area contributed by atoms with E-state index in [0.29, 0.717) is 12.1 Å². The van der Waals surface area contributed by atoms with E-state index in [1.807, 2.05) is 13.0 Å². The topological polar surface area (TPSA) is 67.2 Å². The van der Waals surface area contributed by atoms with Gasteiger partial charge < -0.3 is 9.47 Å². The largest absolute Gasteiger partial charge is 0.350 e. The quantitative estimate of drug-likeness (QED) is 0.811. The average molecular weight is 354 g/mol. The highest BCUT2D eigenvalue weighted by Gasteiger charge is 2.36. The number of anilines is 1. The highest BCUT2D eigenvalue weighted by atomic mass is 16.1. The number of likely N-dealkylation sites (tertiary alicyclic amines) is 1. The summed E-state index contributed by atoms with van der Waals surface area (Å²) in [6.45, 7) is 4.82. The van der Waals surface area contributed by atoms with E-state index in [4.69, 9.17) is 0 Å². The molecule has 1 saturated heterocycles. The van der Waals surface area contributed by atoms with Crippen molar-refractivity contribution in [3.05, 3.63) is 46.5 Å². The fourth-order valence-corrected chi connectivity index (χ4v) is 3.78. The Hall–Kier alpha value is -2.28. The van der Waals surface area contributed by atoms with Crippen LogP contribution in [0.3, 0.4) is 0 Å². The molecule has 2 aromatic heterocycles. The number of hydrogen-bond acceptors (Lipinski definition) is 6. The van der Waals surface area contributed by atoms with E-state index in [1.165, 1.54) is 17.4 Å². The van der Waals surface area contributed by atoms with Crippen LogP contribution in [-0.2, 0) is 13.6 Å². The van der Waals surface area contributed by atoms with Crippen LogP contribution in [0.1, 0.15) is 37.1 Å². The molecular formula is C19H26N6O. The molecule has 2 aliphatic rings. The molecule has 7 nitrogen and oxygen atoms in total. The minimum atomic E-state index is -0.184. The first-order valence-corrected chi connectivity index (χ1v) is 9.42. The maximum Gasteiger partial charge on any atom is 0.347 e. The van der Waals surface area contributed by atoms with E-state index >= 15 is 0 Å². The van der Waals surface area contributed by atoms with Gasteiger partial charge in [0.25, 0.3) is 0 Å². The van der Waals surface area contributed by atoms with E-state index < -0.39 is 0 Å². The first kappa shape index (κ1) is 17.1. The van der Waals surface area contributed by atoms with Gasteiger partial charge >= 0.3 is 5.69 Å². The smallest absolute Gasteiger partial charge is 0.347 e. The van der Waals surface area contributed by atoms with Crippen molar-refractivity contribution >= 4 is 5.82 Å². The molecule has 0 aromatic carbocycles. The third kappa shape index (κ3) is 3.77. The van der Waals surface area contributed by atoms with Gasteiger partial charge in [-0.05, 0) is 38.7 Å². The van der Waals surface area contributed by atoms with Gasteiger partial charge in [-0.25, -0.2) is 14.8 Å². The molecule has 1 aliphatic carbocycles. The number of aryl methyl sites for hydroxylation is 2. The normalized spacial score (nSPS) is 18.8. The van der Waals surface area contributed by atoms with Crippen LogP contribution in [0.15, 0.2) is 29.5 Å². The molecule has 4 rings (SSSR count). The zero-order valence-corrected chi connectivity index (χ0v) is 15.5. The van der Waals surface area contributed by atoms with Gasteiger partial charge in [0.05, 0.1) is 5.69 Å². The summed E-state index contributed by atoms with van der Waals surface area (Å²) in [5, 5.41) is 0. The second kappa shape index (κ2) is 7.15. The molecular weight excluding hydrogens is 328 g/mol. The second-order valence-electron chi connectivity index (χ2n) is 7.48. The van der Waals surface area contributed by atoms with Crippen molar-refractivity contribution in [2.75, 3.05) is 18.0 Å². The predicted octanol–water partition coefficient (Wildman–Crippen LogP) is 1.51. The fraction of sp³-hybridized carbons (Fsp3) is 0.579. The van der Waals surface area contributed by atoms with Crippen LogP contribution in [0.2, 0.25) is 0 Å². The van der Waals surface area contributed by atoms with Crippen molar-refractivity contribution in [2.24, 2.45) is 7.05 Å². The molecule has 1 aliphatic heterocycles. The SMILES string of the molecule is Cc1cc(N(C2CC2)C2CCN(Cc3ccn(C)c(=O)n3)CC2)ncn1. The minimum absolute atomic E-state index is 0.184. The van der Waals surface area contributed by atoms with Gasteiger partial charge in [-0.1, -0.05) is 0 Å². The lowest BCUT2D eigenvalue weighted by Crippen LogP contribution is -2.46. The van der Waals surface area contributed by atoms with Gasteiger partial charge in [-0.15, -0.1) is 0 Å². The Labute approximate surface area is 153 Å². The Morgan fingerprint density at radius 3 is 2.54 bits per heavy atom. The molecule has 0 bridgehead atoms. The minimum Gasteiger partial charge on any atom is -0.350 e. The maximum absolute atomic E-state index is 11.7. The molecule has 0 amide bonds. The van der Waals surface area contributed by atoms with Crippen LogP contribution < -0.4 is 10.6 Å². The summed E-state index contributed by atoms with van der Waals surface area (Å²) >= 11 is 0. The molecule has 26 heavy (non-hydrogen) atoms. The predicted molar refractivity (Wildman–Crippen MR) is 100 cm³/mol. The van der Waals surface area contributed by atoms with Crippen molar-refractivity contribution in [1.29, 1.82) is 0 Å². The molecule has 0 N–H and O–H groups in total. The lowest BCUT2D eigenvalue weighted by molar-refractivity contribution is 0.198. The summed E-state index contributed by atoms with van der Waals surface area (Å²) < 4.78 is 1.51. The first-order valence-electron chi connectivity index (χ1n) is 9.42. The van der Waals surface area contributed by atoms with Crippen molar-refractivity contribution in [1.82, 2.24) is 24.4 Å². The summed E-state index contributed by atoms with van der Waals surface area (Å²) in [5.74, 6) is 1.08. The van der Waals surface area contributed by atoms with Gasteiger partial charge in [0, 0.05) is 56.7 Å². The third-order valence-corrected chi connectivity index (χ3v) is 5.36. The van der Waals surface area contributed by atoms with Crippen molar-refractivity contribution in [2.45, 2.75) is 51.2 Å². The van der Waals surface area contributed by atoms with Gasteiger partial charge in [0.15, 0.2) is 0 Å². The molecule has 0 unspecified atom stereocenters. The van der Waals surface area contributed by atoms with E-state index in [0.717, 1.165) is 49.7 Å². The molecule has 0 atom stereocenters. The number of nitrogens with zero attached hydrogens (tertiary/aromatic N) is 6. The Morgan fingerprint density at radius 1 is 1.15 bits per heavy atom. The van der Waals surface area contributed by atoms with E-state index in [2.05, 4.69) is 30.8 Å². The molecule has 1 saturated carbocycles. The van der Waals surface area contributed by atoms with Crippen molar-refractivity contribution in [3.63, 3.8) is 0 Å². The number of hydrogen-bond donors (Lipinski definition) is 0. The Kier molecular flexibility index (Phi) is 4.72. The van der Waals surface area contributed by atoms with Gasteiger partial charge in [-0.2, -0.15) is 4.98 Å².